The molecule has 3 nitrogen and oxygen atoms in total. The topological polar surface area (TPSA) is 55.1 Å². The molecule has 0 aromatic rings. The lowest BCUT2D eigenvalue weighted by atomic mass is 9.82. The first kappa shape index (κ1) is 12.1. The third kappa shape index (κ3) is 3.24. The van der Waals surface area contributed by atoms with Gasteiger partial charge in [-0.05, 0) is 19.8 Å². The molecule has 1 aliphatic carbocycles. The van der Waals surface area contributed by atoms with Crippen molar-refractivity contribution in [3.8, 4) is 12.3 Å². The molecular formula is C12H20N2O. The van der Waals surface area contributed by atoms with Crippen LogP contribution < -0.4 is 11.1 Å². The van der Waals surface area contributed by atoms with Gasteiger partial charge in [-0.15, -0.1) is 12.3 Å². The highest BCUT2D eigenvalue weighted by Crippen LogP contribution is 2.26. The third-order valence-corrected chi connectivity index (χ3v) is 3.00. The van der Waals surface area contributed by atoms with Crippen LogP contribution in [0.4, 0.5) is 0 Å². The van der Waals surface area contributed by atoms with Crippen LogP contribution in [0.5, 0.6) is 0 Å². The zero-order chi connectivity index (χ0) is 11.3. The Kier molecular flexibility index (Phi) is 4.16. The summed E-state index contributed by atoms with van der Waals surface area (Å²) in [6.45, 7) is 1.91. The average Bonchev–Trinajstić information content (AvgIpc) is 2.19. The van der Waals surface area contributed by atoms with Crippen molar-refractivity contribution in [2.24, 2.45) is 5.73 Å². The van der Waals surface area contributed by atoms with Gasteiger partial charge in [-0.3, -0.25) is 4.79 Å². The zero-order valence-corrected chi connectivity index (χ0v) is 9.38. The number of terminal acetylenes is 1. The number of carbonyl (C=O) groups excluding carboxylic acids is 1. The van der Waals surface area contributed by atoms with Gasteiger partial charge in [0.25, 0.3) is 0 Å². The fourth-order valence-electron chi connectivity index (χ4n) is 2.01. The number of rotatable bonds is 3. The fraction of sp³-hybridized carbons (Fsp3) is 0.750. The van der Waals surface area contributed by atoms with Crippen molar-refractivity contribution in [2.75, 3.05) is 0 Å². The predicted octanol–water partition coefficient (Wildman–Crippen LogP) is 1.18. The van der Waals surface area contributed by atoms with E-state index in [1.165, 1.54) is 6.42 Å². The first-order valence-electron chi connectivity index (χ1n) is 5.62. The molecule has 0 bridgehead atoms. The van der Waals surface area contributed by atoms with Crippen molar-refractivity contribution in [1.29, 1.82) is 0 Å². The third-order valence-electron chi connectivity index (χ3n) is 3.00. The second kappa shape index (κ2) is 5.18. The number of hydrogen-bond acceptors (Lipinski definition) is 2. The Morgan fingerprint density at radius 2 is 2.13 bits per heavy atom. The van der Waals surface area contributed by atoms with E-state index in [9.17, 15) is 4.79 Å². The minimum atomic E-state index is -0.652. The highest BCUT2D eigenvalue weighted by atomic mass is 16.2. The number of nitrogens with one attached hydrogen (secondary N) is 1. The van der Waals surface area contributed by atoms with Crippen molar-refractivity contribution >= 4 is 5.91 Å². The standard InChI is InChI=1S/C12H20N2O/c1-3-7-10(2)14-11(15)12(13)8-5-4-6-9-12/h1,10H,4-9,13H2,2H3,(H,14,15). The van der Waals surface area contributed by atoms with Crippen molar-refractivity contribution in [2.45, 2.75) is 57.0 Å². The number of hydrogen-bond donors (Lipinski definition) is 2. The van der Waals surface area contributed by atoms with Crippen LogP contribution in [0.15, 0.2) is 0 Å². The zero-order valence-electron chi connectivity index (χ0n) is 9.38. The van der Waals surface area contributed by atoms with Crippen molar-refractivity contribution < 1.29 is 4.79 Å². The number of nitrogens with two attached hydrogens (primary N) is 1. The van der Waals surface area contributed by atoms with E-state index in [0.29, 0.717) is 6.42 Å². The molecular weight excluding hydrogens is 188 g/mol. The summed E-state index contributed by atoms with van der Waals surface area (Å²) >= 11 is 0. The number of carbonyl (C=O) groups is 1. The summed E-state index contributed by atoms with van der Waals surface area (Å²) in [6, 6.07) is 0.0184. The lowest BCUT2D eigenvalue weighted by Crippen LogP contribution is -2.56. The summed E-state index contributed by atoms with van der Waals surface area (Å²) in [6.07, 6.45) is 10.6. The first-order chi connectivity index (χ1) is 7.08. The Morgan fingerprint density at radius 3 is 2.67 bits per heavy atom. The SMILES string of the molecule is C#CCC(C)NC(=O)C1(N)CCCCC1. The summed E-state index contributed by atoms with van der Waals surface area (Å²) < 4.78 is 0. The van der Waals surface area contributed by atoms with Gasteiger partial charge in [0.2, 0.25) is 5.91 Å². The average molecular weight is 208 g/mol. The summed E-state index contributed by atoms with van der Waals surface area (Å²) in [5.41, 5.74) is 5.43. The summed E-state index contributed by atoms with van der Waals surface area (Å²) in [7, 11) is 0. The van der Waals surface area contributed by atoms with E-state index in [1.807, 2.05) is 6.92 Å². The highest BCUT2D eigenvalue weighted by Gasteiger charge is 2.35. The molecule has 0 saturated heterocycles. The van der Waals surface area contributed by atoms with Gasteiger partial charge in [0.1, 0.15) is 0 Å². The molecule has 0 spiro atoms. The molecule has 0 radical (unpaired) electrons. The molecule has 0 aromatic heterocycles. The largest absolute Gasteiger partial charge is 0.351 e. The highest BCUT2D eigenvalue weighted by molar-refractivity contribution is 5.86. The van der Waals surface area contributed by atoms with E-state index >= 15 is 0 Å². The molecule has 1 unspecified atom stereocenters. The molecule has 15 heavy (non-hydrogen) atoms. The Morgan fingerprint density at radius 1 is 1.53 bits per heavy atom. The molecule has 1 aliphatic rings. The van der Waals surface area contributed by atoms with Gasteiger partial charge >= 0.3 is 0 Å². The quantitative estimate of drug-likeness (QED) is 0.684. The van der Waals surface area contributed by atoms with Gasteiger partial charge in [0.05, 0.1) is 5.54 Å². The normalized spacial score (nSPS) is 21.4. The minimum absolute atomic E-state index is 0.0184. The molecule has 1 atom stereocenters. The Hall–Kier alpha value is -1.01. The van der Waals surface area contributed by atoms with Gasteiger partial charge in [0.15, 0.2) is 0 Å². The molecule has 84 valence electrons. The molecule has 1 rings (SSSR count). The van der Waals surface area contributed by atoms with Crippen LogP contribution in [0.2, 0.25) is 0 Å². The van der Waals surface area contributed by atoms with Crippen LogP contribution in [0.25, 0.3) is 0 Å². The second-order valence-electron chi connectivity index (χ2n) is 4.50. The van der Waals surface area contributed by atoms with Gasteiger partial charge in [-0.25, -0.2) is 0 Å². The Balaban J connectivity index is 2.48. The minimum Gasteiger partial charge on any atom is -0.351 e. The molecule has 1 saturated carbocycles. The van der Waals surface area contributed by atoms with Crippen molar-refractivity contribution in [3.05, 3.63) is 0 Å². The smallest absolute Gasteiger partial charge is 0.240 e. The lowest BCUT2D eigenvalue weighted by molar-refractivity contribution is -0.128. The fourth-order valence-corrected chi connectivity index (χ4v) is 2.01. The lowest BCUT2D eigenvalue weighted by Gasteiger charge is -2.32. The van der Waals surface area contributed by atoms with E-state index in [-0.39, 0.29) is 11.9 Å². The van der Waals surface area contributed by atoms with Crippen LogP contribution in [0.3, 0.4) is 0 Å². The maximum atomic E-state index is 11.9. The van der Waals surface area contributed by atoms with E-state index in [4.69, 9.17) is 12.2 Å². The van der Waals surface area contributed by atoms with Crippen LogP contribution in [-0.2, 0) is 4.79 Å². The molecule has 3 heteroatoms. The summed E-state index contributed by atoms with van der Waals surface area (Å²) in [5, 5.41) is 2.88. The molecule has 0 aromatic carbocycles. The van der Waals surface area contributed by atoms with E-state index < -0.39 is 5.54 Å². The van der Waals surface area contributed by atoms with Gasteiger partial charge in [-0.1, -0.05) is 19.3 Å². The maximum Gasteiger partial charge on any atom is 0.240 e. The Labute approximate surface area is 91.8 Å². The van der Waals surface area contributed by atoms with Crippen LogP contribution in [0.1, 0.15) is 45.4 Å². The van der Waals surface area contributed by atoms with Crippen molar-refractivity contribution in [1.82, 2.24) is 5.32 Å². The summed E-state index contributed by atoms with van der Waals surface area (Å²) in [5.74, 6) is 2.50. The van der Waals surface area contributed by atoms with E-state index in [0.717, 1.165) is 25.7 Å². The molecule has 0 aliphatic heterocycles. The second-order valence-corrected chi connectivity index (χ2v) is 4.50. The maximum absolute atomic E-state index is 11.9. The van der Waals surface area contributed by atoms with E-state index in [2.05, 4.69) is 11.2 Å². The molecule has 1 amide bonds. The van der Waals surface area contributed by atoms with Gasteiger partial charge in [-0.2, -0.15) is 0 Å². The monoisotopic (exact) mass is 208 g/mol. The van der Waals surface area contributed by atoms with Gasteiger partial charge < -0.3 is 11.1 Å². The van der Waals surface area contributed by atoms with E-state index in [1.54, 1.807) is 0 Å². The van der Waals surface area contributed by atoms with Crippen molar-refractivity contribution in [3.63, 3.8) is 0 Å². The molecule has 1 fully saturated rings. The van der Waals surface area contributed by atoms with Crippen LogP contribution >= 0.6 is 0 Å². The summed E-state index contributed by atoms with van der Waals surface area (Å²) in [4.78, 5) is 11.9. The Bertz CT molecular complexity index is 261. The van der Waals surface area contributed by atoms with Gasteiger partial charge in [0, 0.05) is 12.5 Å². The van der Waals surface area contributed by atoms with Crippen LogP contribution in [0, 0.1) is 12.3 Å². The van der Waals surface area contributed by atoms with Crippen LogP contribution in [-0.4, -0.2) is 17.5 Å². The predicted molar refractivity (Wildman–Crippen MR) is 61.1 cm³/mol. The molecule has 3 N–H and O–H groups in total. The molecule has 0 heterocycles. The first-order valence-corrected chi connectivity index (χ1v) is 5.62. The number of amides is 1.